The quantitative estimate of drug-likeness (QED) is 0.792. The number of carbonyl (C=O) groups is 3. The molecule has 1 unspecified atom stereocenters. The first-order chi connectivity index (χ1) is 9.70. The molecule has 0 aromatic heterocycles. The molecule has 21 heavy (non-hydrogen) atoms. The van der Waals surface area contributed by atoms with Crippen molar-refractivity contribution < 1.29 is 37.4 Å². The number of carboxylic acids is 1. The molecule has 1 saturated heterocycles. The van der Waals surface area contributed by atoms with Crippen molar-refractivity contribution in [1.29, 1.82) is 0 Å². The summed E-state index contributed by atoms with van der Waals surface area (Å²) in [6.07, 6.45) is -4.24. The molecule has 1 aliphatic heterocycles. The number of alkyl halides is 3. The van der Waals surface area contributed by atoms with E-state index in [0.717, 1.165) is 4.90 Å². The largest absolute Gasteiger partial charge is 0.480 e. The highest BCUT2D eigenvalue weighted by Crippen LogP contribution is 2.32. The number of halogens is 3. The fraction of sp³-hybridized carbons (Fsp3) is 0.727. The molecule has 1 atom stereocenters. The second-order valence-corrected chi connectivity index (χ2v) is 4.57. The molecule has 0 aromatic rings. The van der Waals surface area contributed by atoms with Crippen LogP contribution in [0.25, 0.3) is 0 Å². The molecule has 1 aliphatic rings. The van der Waals surface area contributed by atoms with Crippen molar-refractivity contribution in [3.8, 4) is 0 Å². The van der Waals surface area contributed by atoms with Crippen LogP contribution in [0.1, 0.15) is 12.8 Å². The van der Waals surface area contributed by atoms with Gasteiger partial charge in [0.1, 0.15) is 13.2 Å². The Morgan fingerprint density at radius 1 is 1.29 bits per heavy atom. The van der Waals surface area contributed by atoms with E-state index in [9.17, 15) is 27.6 Å². The summed E-state index contributed by atoms with van der Waals surface area (Å²) in [6, 6.07) is -0.937. The van der Waals surface area contributed by atoms with Gasteiger partial charge in [0.05, 0.1) is 5.92 Å². The van der Waals surface area contributed by atoms with Gasteiger partial charge in [-0.1, -0.05) is 0 Å². The second kappa shape index (κ2) is 7.25. The molecule has 10 heteroatoms. The first kappa shape index (κ1) is 17.2. The molecule has 0 bridgehead atoms. The Morgan fingerprint density at radius 2 is 1.95 bits per heavy atom. The monoisotopic (exact) mass is 312 g/mol. The van der Waals surface area contributed by atoms with E-state index in [1.165, 1.54) is 0 Å². The zero-order valence-corrected chi connectivity index (χ0v) is 11.0. The number of hydrogen-bond donors (Lipinski definition) is 2. The normalized spacial score (nSPS) is 19.2. The maximum atomic E-state index is 12.6. The number of urea groups is 1. The molecular weight excluding hydrogens is 297 g/mol. The van der Waals surface area contributed by atoms with E-state index < -0.39 is 49.8 Å². The molecule has 0 radical (unpaired) electrons. The Kier molecular flexibility index (Phi) is 5.94. The summed E-state index contributed by atoms with van der Waals surface area (Å²) in [5.74, 6) is -3.79. The standard InChI is InChI=1S/C11H15F3N2O5/c12-11(13,14)7-2-1-3-16(4-7)10(20)15-8(17)5-21-6-9(18)19/h7H,1-6H2,(H,18,19)(H,15,17,20). The van der Waals surface area contributed by atoms with Crippen molar-refractivity contribution >= 4 is 17.9 Å². The van der Waals surface area contributed by atoms with Crippen LogP contribution >= 0.6 is 0 Å². The van der Waals surface area contributed by atoms with Gasteiger partial charge >= 0.3 is 18.2 Å². The van der Waals surface area contributed by atoms with Crippen LogP contribution < -0.4 is 5.32 Å². The van der Waals surface area contributed by atoms with E-state index >= 15 is 0 Å². The van der Waals surface area contributed by atoms with Crippen LogP contribution in [0.3, 0.4) is 0 Å². The number of ether oxygens (including phenoxy) is 1. The third-order valence-corrected chi connectivity index (χ3v) is 2.88. The van der Waals surface area contributed by atoms with Crippen molar-refractivity contribution in [3.63, 3.8) is 0 Å². The molecule has 0 aliphatic carbocycles. The number of imide groups is 1. The predicted octanol–water partition coefficient (Wildman–Crippen LogP) is 0.598. The van der Waals surface area contributed by atoms with Crippen molar-refractivity contribution in [2.24, 2.45) is 5.92 Å². The van der Waals surface area contributed by atoms with Gasteiger partial charge in [-0.25, -0.2) is 9.59 Å². The molecule has 120 valence electrons. The fourth-order valence-electron chi connectivity index (χ4n) is 1.89. The first-order valence-corrected chi connectivity index (χ1v) is 6.15. The molecular formula is C11H15F3N2O5. The van der Waals surface area contributed by atoms with E-state index in [2.05, 4.69) is 4.74 Å². The SMILES string of the molecule is O=C(O)COCC(=O)NC(=O)N1CCCC(C(F)(F)F)C1. The van der Waals surface area contributed by atoms with Gasteiger partial charge in [-0.3, -0.25) is 10.1 Å². The number of amides is 3. The van der Waals surface area contributed by atoms with E-state index in [-0.39, 0.29) is 19.4 Å². The second-order valence-electron chi connectivity index (χ2n) is 4.57. The highest BCUT2D eigenvalue weighted by molar-refractivity contribution is 5.95. The Labute approximate surface area is 118 Å². The number of carboxylic acid groups (broad SMARTS) is 1. The molecule has 1 fully saturated rings. The van der Waals surface area contributed by atoms with Crippen molar-refractivity contribution in [2.75, 3.05) is 26.3 Å². The van der Waals surface area contributed by atoms with Crippen molar-refractivity contribution in [2.45, 2.75) is 19.0 Å². The number of piperidine rings is 1. The van der Waals surface area contributed by atoms with Gasteiger partial charge in [0.25, 0.3) is 5.91 Å². The zero-order chi connectivity index (χ0) is 16.0. The van der Waals surface area contributed by atoms with Crippen molar-refractivity contribution in [1.82, 2.24) is 10.2 Å². The third kappa shape index (κ3) is 5.98. The number of nitrogens with one attached hydrogen (secondary N) is 1. The van der Waals surface area contributed by atoms with Crippen molar-refractivity contribution in [3.05, 3.63) is 0 Å². The molecule has 0 saturated carbocycles. The van der Waals surface area contributed by atoms with Gasteiger partial charge in [0.15, 0.2) is 0 Å². The Morgan fingerprint density at radius 3 is 2.52 bits per heavy atom. The Balaban J connectivity index is 2.40. The summed E-state index contributed by atoms with van der Waals surface area (Å²) in [6.45, 7) is -1.74. The summed E-state index contributed by atoms with van der Waals surface area (Å²) in [7, 11) is 0. The van der Waals surface area contributed by atoms with Crippen LogP contribution in [0.15, 0.2) is 0 Å². The lowest BCUT2D eigenvalue weighted by Crippen LogP contribution is -2.50. The molecule has 3 amide bonds. The van der Waals surface area contributed by atoms with E-state index in [4.69, 9.17) is 5.11 Å². The van der Waals surface area contributed by atoms with E-state index in [1.807, 2.05) is 5.32 Å². The summed E-state index contributed by atoms with van der Waals surface area (Å²) in [4.78, 5) is 33.9. The van der Waals surface area contributed by atoms with Crippen LogP contribution in [0.2, 0.25) is 0 Å². The molecule has 2 N–H and O–H groups in total. The Bertz CT molecular complexity index is 413. The Hall–Kier alpha value is -1.84. The number of nitrogens with zero attached hydrogens (tertiary/aromatic N) is 1. The first-order valence-electron chi connectivity index (χ1n) is 6.15. The van der Waals surface area contributed by atoms with Gasteiger partial charge in [-0.15, -0.1) is 0 Å². The van der Waals surface area contributed by atoms with E-state index in [1.54, 1.807) is 0 Å². The molecule has 1 heterocycles. The van der Waals surface area contributed by atoms with Crippen LogP contribution in [-0.2, 0) is 14.3 Å². The number of likely N-dealkylation sites (tertiary alicyclic amines) is 1. The lowest BCUT2D eigenvalue weighted by molar-refractivity contribution is -0.183. The van der Waals surface area contributed by atoms with Gasteiger partial charge in [0, 0.05) is 13.1 Å². The maximum Gasteiger partial charge on any atom is 0.393 e. The average Bonchev–Trinajstić information content (AvgIpc) is 2.37. The number of hydrogen-bond acceptors (Lipinski definition) is 4. The van der Waals surface area contributed by atoms with Crippen LogP contribution in [0.4, 0.5) is 18.0 Å². The minimum atomic E-state index is -4.38. The zero-order valence-electron chi connectivity index (χ0n) is 11.0. The van der Waals surface area contributed by atoms with Crippen LogP contribution in [-0.4, -0.2) is 60.4 Å². The smallest absolute Gasteiger partial charge is 0.393 e. The molecule has 7 nitrogen and oxygen atoms in total. The van der Waals surface area contributed by atoms with Crippen LogP contribution in [0.5, 0.6) is 0 Å². The van der Waals surface area contributed by atoms with E-state index in [0.29, 0.717) is 0 Å². The molecule has 0 aromatic carbocycles. The number of aliphatic carboxylic acids is 1. The third-order valence-electron chi connectivity index (χ3n) is 2.88. The summed E-state index contributed by atoms with van der Waals surface area (Å²) < 4.78 is 42.2. The minimum Gasteiger partial charge on any atom is -0.480 e. The van der Waals surface area contributed by atoms with Crippen LogP contribution in [0, 0.1) is 5.92 Å². The average molecular weight is 312 g/mol. The summed E-state index contributed by atoms with van der Waals surface area (Å²) in [5.41, 5.74) is 0. The topological polar surface area (TPSA) is 95.9 Å². The lowest BCUT2D eigenvalue weighted by atomic mass is 9.98. The van der Waals surface area contributed by atoms with Gasteiger partial charge in [-0.2, -0.15) is 13.2 Å². The fourth-order valence-corrected chi connectivity index (χ4v) is 1.89. The number of carbonyl (C=O) groups excluding carboxylic acids is 2. The molecule has 1 rings (SSSR count). The molecule has 0 spiro atoms. The minimum absolute atomic E-state index is 0.0526. The number of rotatable bonds is 4. The predicted molar refractivity (Wildman–Crippen MR) is 62.3 cm³/mol. The highest BCUT2D eigenvalue weighted by Gasteiger charge is 2.42. The summed E-state index contributed by atoms with van der Waals surface area (Å²) >= 11 is 0. The van der Waals surface area contributed by atoms with Gasteiger partial charge in [0.2, 0.25) is 0 Å². The summed E-state index contributed by atoms with van der Waals surface area (Å²) in [5, 5.41) is 10.1. The van der Waals surface area contributed by atoms with Gasteiger partial charge in [-0.05, 0) is 12.8 Å². The highest BCUT2D eigenvalue weighted by atomic mass is 19.4. The lowest BCUT2D eigenvalue weighted by Gasteiger charge is -2.33. The maximum absolute atomic E-state index is 12.6. The van der Waals surface area contributed by atoms with Gasteiger partial charge < -0.3 is 14.7 Å².